The van der Waals surface area contributed by atoms with Crippen molar-refractivity contribution < 1.29 is 4.48 Å². The maximum absolute atomic E-state index is 4.25. The van der Waals surface area contributed by atoms with Crippen LogP contribution in [0.3, 0.4) is 0 Å². The third kappa shape index (κ3) is 13.0. The molecule has 0 N–H and O–H groups in total. The monoisotopic (exact) mass is 668 g/mol. The third-order valence-electron chi connectivity index (χ3n) is 6.67. The summed E-state index contributed by atoms with van der Waals surface area (Å²) in [6, 6.07) is 40.0. The van der Waals surface area contributed by atoms with E-state index in [9.17, 15) is 0 Å². The van der Waals surface area contributed by atoms with Crippen LogP contribution in [-0.2, 0) is 0 Å². The molecule has 0 unspecified atom stereocenters. The van der Waals surface area contributed by atoms with Gasteiger partial charge in [0.2, 0.25) is 0 Å². The van der Waals surface area contributed by atoms with Gasteiger partial charge in [0.25, 0.3) is 0 Å². The fourth-order valence-corrected chi connectivity index (χ4v) is 4.23. The minimum Gasteiger partial charge on any atom is -0.358 e. The third-order valence-corrected chi connectivity index (χ3v) is 6.67. The Hall–Kier alpha value is -3.12. The maximum atomic E-state index is 4.25. The molecule has 6 rings (SSSR count). The predicted octanol–water partition coefficient (Wildman–Crippen LogP) is 9.59. The van der Waals surface area contributed by atoms with Crippen molar-refractivity contribution in [2.24, 2.45) is 0 Å². The van der Waals surface area contributed by atoms with Gasteiger partial charge in [-0.05, 0) is 35.7 Å². The van der Waals surface area contributed by atoms with Gasteiger partial charge in [0.15, 0.2) is 0 Å². The van der Waals surface area contributed by atoms with E-state index in [0.29, 0.717) is 0 Å². The molecule has 0 amide bonds. The summed E-state index contributed by atoms with van der Waals surface area (Å²) in [6.45, 7) is 11.3. The average molecular weight is 668 g/mol. The maximum Gasteiger partial charge on any atom is 2.00 e. The molecule has 3 nitrogen and oxygen atoms in total. The number of quaternary nitrogens is 1. The molecule has 4 heteroatoms. The molecule has 3 aromatic carbocycles. The zero-order valence-corrected chi connectivity index (χ0v) is 31.8. The Morgan fingerprint density at radius 2 is 1.02 bits per heavy atom. The van der Waals surface area contributed by atoms with E-state index in [2.05, 4.69) is 112 Å². The molecule has 0 aliphatic carbocycles. The minimum absolute atomic E-state index is 0. The SMILES string of the molecule is CC.Cc1c[c-]c(-c2ccccn2)cc1.Cc1c[c-]c(-c2ccccn2)cc1.Cc1c[c-]c(C2=CC=CC[N+]2(C)C)cc1.[CH3-].[Sr+2]. The van der Waals surface area contributed by atoms with Gasteiger partial charge < -0.3 is 21.9 Å². The number of nitrogens with zero attached hydrogens (tertiary/aromatic N) is 3. The van der Waals surface area contributed by atoms with Crippen molar-refractivity contribution in [1.29, 1.82) is 0 Å². The number of likely N-dealkylation sites (N-methyl/N-ethyl adjacent to an activating group) is 1. The topological polar surface area (TPSA) is 25.8 Å². The van der Waals surface area contributed by atoms with E-state index >= 15 is 0 Å². The number of aryl methyl sites for hydroxylation is 3. The number of hydrogen-bond acceptors (Lipinski definition) is 2. The van der Waals surface area contributed by atoms with E-state index < -0.39 is 0 Å². The number of hydrogen-bond donors (Lipinski definition) is 0. The summed E-state index contributed by atoms with van der Waals surface area (Å²) in [4.78, 5) is 8.49. The first-order valence-corrected chi connectivity index (χ1v) is 14.8. The molecule has 2 aromatic heterocycles. The number of allylic oxidation sites excluding steroid dienone is 2. The summed E-state index contributed by atoms with van der Waals surface area (Å²) in [7, 11) is 4.45. The van der Waals surface area contributed by atoms with Crippen LogP contribution in [0, 0.1) is 46.4 Å². The van der Waals surface area contributed by atoms with E-state index in [1.54, 1.807) is 12.4 Å². The second-order valence-corrected chi connectivity index (χ2v) is 10.6. The fourth-order valence-electron chi connectivity index (χ4n) is 4.23. The van der Waals surface area contributed by atoms with E-state index in [0.717, 1.165) is 33.5 Å². The van der Waals surface area contributed by atoms with Crippen LogP contribution in [0.25, 0.3) is 28.2 Å². The Kier molecular flexibility index (Phi) is 18.5. The number of benzene rings is 3. The number of rotatable bonds is 3. The molecule has 1 aliphatic rings. The Balaban J connectivity index is 0.000000322. The van der Waals surface area contributed by atoms with E-state index in [1.807, 2.05) is 74.5 Å². The van der Waals surface area contributed by atoms with Gasteiger partial charge in [-0.15, -0.1) is 101 Å². The van der Waals surface area contributed by atoms with Gasteiger partial charge in [-0.3, -0.25) is 0 Å². The molecule has 5 aromatic rings. The second kappa shape index (κ2) is 20.8. The Bertz CT molecular complexity index is 1470. The van der Waals surface area contributed by atoms with Crippen molar-refractivity contribution in [3.63, 3.8) is 0 Å². The number of aromatic nitrogens is 2. The van der Waals surface area contributed by atoms with Gasteiger partial charge in [-0.25, -0.2) is 0 Å². The molecule has 0 fully saturated rings. The summed E-state index contributed by atoms with van der Waals surface area (Å²) in [5.74, 6) is 0. The quantitative estimate of drug-likeness (QED) is 0.109. The fraction of sp³-hybridized carbons (Fsp3) is 0.195. The van der Waals surface area contributed by atoms with Gasteiger partial charge in [0, 0.05) is 12.4 Å². The first kappa shape index (κ1) is 39.9. The molecule has 0 saturated carbocycles. The van der Waals surface area contributed by atoms with Crippen LogP contribution in [0.5, 0.6) is 0 Å². The molecule has 0 spiro atoms. The normalized spacial score (nSPS) is 12.1. The predicted molar refractivity (Wildman–Crippen MR) is 194 cm³/mol. The van der Waals surface area contributed by atoms with E-state index in [-0.39, 0.29) is 52.9 Å². The van der Waals surface area contributed by atoms with Crippen LogP contribution in [0.4, 0.5) is 0 Å². The summed E-state index contributed by atoms with van der Waals surface area (Å²) >= 11 is 0. The van der Waals surface area contributed by atoms with Crippen LogP contribution < -0.4 is 0 Å². The second-order valence-electron chi connectivity index (χ2n) is 10.6. The molecule has 0 radical (unpaired) electrons. The van der Waals surface area contributed by atoms with Crippen molar-refractivity contribution in [3.8, 4) is 22.5 Å². The van der Waals surface area contributed by atoms with E-state index in [1.165, 1.54) is 28.0 Å². The summed E-state index contributed by atoms with van der Waals surface area (Å²) in [5, 5.41) is 0. The molecule has 45 heavy (non-hydrogen) atoms. The summed E-state index contributed by atoms with van der Waals surface area (Å²) < 4.78 is 0.899. The summed E-state index contributed by atoms with van der Waals surface area (Å²) in [5.41, 5.74) is 10.3. The molecular weight excluding hydrogens is 622 g/mol. The first-order chi connectivity index (χ1) is 20.8. The van der Waals surface area contributed by atoms with Crippen molar-refractivity contribution in [3.05, 3.63) is 169 Å². The Morgan fingerprint density at radius 3 is 1.36 bits per heavy atom. The van der Waals surface area contributed by atoms with Crippen LogP contribution in [0.2, 0.25) is 0 Å². The standard InChI is InChI=1S/C14H17N.2C12H10N.C2H6.CH3.Sr/c1-12-7-9-13(10-8-12)14-6-4-5-11-15(14,2)3;2*1-10-5-7-11(8-6-10)12-4-2-3-9-13-12;1-2;;/h4-9H,11H2,1-3H3;2*2-7,9H,1H3;1-2H3;1H3;/q;2*-1;;-1;+2. The molecule has 3 heterocycles. The molecule has 0 atom stereocenters. The average Bonchev–Trinajstić information content (AvgIpc) is 3.05. The van der Waals surface area contributed by atoms with Crippen molar-refractivity contribution in [1.82, 2.24) is 9.97 Å². The van der Waals surface area contributed by atoms with Gasteiger partial charge in [-0.1, -0.05) is 70.5 Å². The van der Waals surface area contributed by atoms with Gasteiger partial charge >= 0.3 is 45.5 Å². The van der Waals surface area contributed by atoms with Gasteiger partial charge in [-0.2, -0.15) is 0 Å². The van der Waals surface area contributed by atoms with Crippen LogP contribution >= 0.6 is 0 Å². The van der Waals surface area contributed by atoms with Crippen LogP contribution in [-0.4, -0.2) is 80.6 Å². The zero-order valence-electron chi connectivity index (χ0n) is 28.3. The molecular formula is C41H46N3Sr-. The van der Waals surface area contributed by atoms with Crippen LogP contribution in [0.1, 0.15) is 36.1 Å². The largest absolute Gasteiger partial charge is 2.00 e. The summed E-state index contributed by atoms with van der Waals surface area (Å²) in [6.07, 6.45) is 10.1. The number of pyridine rings is 2. The molecule has 0 saturated heterocycles. The Morgan fingerprint density at radius 1 is 0.600 bits per heavy atom. The van der Waals surface area contributed by atoms with Crippen molar-refractivity contribution >= 4 is 51.2 Å². The van der Waals surface area contributed by atoms with Gasteiger partial charge in [0.1, 0.15) is 0 Å². The van der Waals surface area contributed by atoms with Crippen molar-refractivity contribution in [2.45, 2.75) is 34.6 Å². The zero-order chi connectivity index (χ0) is 31.1. The smallest absolute Gasteiger partial charge is 0.358 e. The van der Waals surface area contributed by atoms with Crippen molar-refractivity contribution in [2.75, 3.05) is 20.6 Å². The first-order valence-electron chi connectivity index (χ1n) is 14.8. The molecule has 0 bridgehead atoms. The molecule has 1 aliphatic heterocycles. The van der Waals surface area contributed by atoms with E-state index in [4.69, 9.17) is 0 Å². The molecule has 228 valence electrons. The Labute approximate surface area is 310 Å². The minimum atomic E-state index is 0. The van der Waals surface area contributed by atoms with Crippen LogP contribution in [0.15, 0.2) is 122 Å². The van der Waals surface area contributed by atoms with Gasteiger partial charge in [0.05, 0.1) is 26.3 Å².